The van der Waals surface area contributed by atoms with Crippen molar-refractivity contribution in [3.63, 3.8) is 0 Å². The predicted octanol–water partition coefficient (Wildman–Crippen LogP) is 3.22. The maximum atomic E-state index is 12.9. The van der Waals surface area contributed by atoms with Gasteiger partial charge in [0.15, 0.2) is 0 Å². The first-order valence-corrected chi connectivity index (χ1v) is 6.97. The standard InChI is InChI=1S/C13H20FNS/c1-10(9-16-3)7-15-8-12-4-5-13(14)6-11(12)2/h4-6,10,15H,7-9H2,1-3H3. The van der Waals surface area contributed by atoms with Crippen LogP contribution in [0.4, 0.5) is 4.39 Å². The molecule has 0 saturated heterocycles. The van der Waals surface area contributed by atoms with Gasteiger partial charge in [0.1, 0.15) is 5.82 Å². The minimum atomic E-state index is -0.156. The molecular weight excluding hydrogens is 221 g/mol. The number of rotatable bonds is 6. The van der Waals surface area contributed by atoms with Crippen LogP contribution in [0, 0.1) is 18.7 Å². The number of hydrogen-bond donors (Lipinski definition) is 1. The maximum Gasteiger partial charge on any atom is 0.123 e. The van der Waals surface area contributed by atoms with Crippen molar-refractivity contribution in [3.8, 4) is 0 Å². The van der Waals surface area contributed by atoms with E-state index in [0.717, 1.165) is 18.7 Å². The van der Waals surface area contributed by atoms with Crippen LogP contribution >= 0.6 is 11.8 Å². The molecule has 0 saturated carbocycles. The first-order valence-electron chi connectivity index (χ1n) is 5.58. The Morgan fingerprint density at radius 3 is 2.81 bits per heavy atom. The molecule has 3 heteroatoms. The van der Waals surface area contributed by atoms with Gasteiger partial charge in [-0.1, -0.05) is 13.0 Å². The fourth-order valence-electron chi connectivity index (χ4n) is 1.65. The summed E-state index contributed by atoms with van der Waals surface area (Å²) < 4.78 is 12.9. The summed E-state index contributed by atoms with van der Waals surface area (Å²) >= 11 is 1.87. The molecule has 0 fully saturated rings. The molecule has 0 heterocycles. The highest BCUT2D eigenvalue weighted by Gasteiger charge is 2.02. The zero-order valence-electron chi connectivity index (χ0n) is 10.2. The van der Waals surface area contributed by atoms with Gasteiger partial charge in [-0.05, 0) is 54.7 Å². The highest BCUT2D eigenvalue weighted by molar-refractivity contribution is 7.98. The molecule has 0 radical (unpaired) electrons. The van der Waals surface area contributed by atoms with Crippen molar-refractivity contribution >= 4 is 11.8 Å². The molecule has 1 N–H and O–H groups in total. The second-order valence-corrected chi connectivity index (χ2v) is 5.17. The van der Waals surface area contributed by atoms with Crippen LogP contribution < -0.4 is 5.32 Å². The van der Waals surface area contributed by atoms with E-state index in [2.05, 4.69) is 18.5 Å². The van der Waals surface area contributed by atoms with E-state index in [1.165, 1.54) is 17.4 Å². The third-order valence-corrected chi connectivity index (χ3v) is 3.47. The molecule has 0 aliphatic heterocycles. The SMILES string of the molecule is CSCC(C)CNCc1ccc(F)cc1C. The minimum Gasteiger partial charge on any atom is -0.312 e. The molecule has 0 amide bonds. The van der Waals surface area contributed by atoms with Crippen molar-refractivity contribution in [2.45, 2.75) is 20.4 Å². The summed E-state index contributed by atoms with van der Waals surface area (Å²) in [6, 6.07) is 4.97. The van der Waals surface area contributed by atoms with Crippen molar-refractivity contribution in [3.05, 3.63) is 35.1 Å². The first-order chi connectivity index (χ1) is 7.63. The largest absolute Gasteiger partial charge is 0.312 e. The summed E-state index contributed by atoms with van der Waals surface area (Å²) in [5, 5.41) is 3.41. The number of nitrogens with one attached hydrogen (secondary N) is 1. The molecule has 0 aliphatic carbocycles. The van der Waals surface area contributed by atoms with Crippen molar-refractivity contribution < 1.29 is 4.39 Å². The number of hydrogen-bond acceptors (Lipinski definition) is 2. The lowest BCUT2D eigenvalue weighted by Crippen LogP contribution is -2.22. The van der Waals surface area contributed by atoms with Crippen molar-refractivity contribution in [1.82, 2.24) is 5.32 Å². The summed E-state index contributed by atoms with van der Waals surface area (Å²) in [5.74, 6) is 1.70. The van der Waals surface area contributed by atoms with Crippen LogP contribution in [0.25, 0.3) is 0 Å². The molecule has 1 nitrogen and oxygen atoms in total. The van der Waals surface area contributed by atoms with Gasteiger partial charge in [0, 0.05) is 6.54 Å². The van der Waals surface area contributed by atoms with Crippen LogP contribution in [-0.4, -0.2) is 18.6 Å². The molecule has 90 valence electrons. The smallest absolute Gasteiger partial charge is 0.123 e. The molecular formula is C13H20FNS. The Hall–Kier alpha value is -0.540. The fourth-order valence-corrected chi connectivity index (χ4v) is 2.34. The van der Waals surface area contributed by atoms with Crippen LogP contribution in [0.15, 0.2) is 18.2 Å². The highest BCUT2D eigenvalue weighted by Crippen LogP contribution is 2.10. The van der Waals surface area contributed by atoms with E-state index in [1.807, 2.05) is 24.8 Å². The van der Waals surface area contributed by atoms with Crippen LogP contribution in [-0.2, 0) is 6.54 Å². The molecule has 0 bridgehead atoms. The Bertz CT molecular complexity index is 328. The van der Waals surface area contributed by atoms with E-state index >= 15 is 0 Å². The number of benzene rings is 1. The van der Waals surface area contributed by atoms with Gasteiger partial charge in [-0.2, -0.15) is 11.8 Å². The van der Waals surface area contributed by atoms with Gasteiger partial charge >= 0.3 is 0 Å². The Morgan fingerprint density at radius 2 is 2.19 bits per heavy atom. The molecule has 1 aromatic carbocycles. The second kappa shape index (κ2) is 6.92. The number of aryl methyl sites for hydroxylation is 1. The van der Waals surface area contributed by atoms with Crippen molar-refractivity contribution in [2.24, 2.45) is 5.92 Å². The third-order valence-electron chi connectivity index (χ3n) is 2.56. The van der Waals surface area contributed by atoms with Gasteiger partial charge in [-0.15, -0.1) is 0 Å². The molecule has 1 aromatic rings. The minimum absolute atomic E-state index is 0.156. The van der Waals surface area contributed by atoms with E-state index in [0.29, 0.717) is 5.92 Å². The van der Waals surface area contributed by atoms with E-state index < -0.39 is 0 Å². The van der Waals surface area contributed by atoms with Crippen LogP contribution in [0.1, 0.15) is 18.1 Å². The molecule has 0 spiro atoms. The zero-order valence-corrected chi connectivity index (χ0v) is 11.0. The van der Waals surface area contributed by atoms with Gasteiger partial charge in [-0.3, -0.25) is 0 Å². The van der Waals surface area contributed by atoms with Gasteiger partial charge < -0.3 is 5.32 Å². The quantitative estimate of drug-likeness (QED) is 0.820. The van der Waals surface area contributed by atoms with Crippen molar-refractivity contribution in [1.29, 1.82) is 0 Å². The monoisotopic (exact) mass is 241 g/mol. The predicted molar refractivity (Wildman–Crippen MR) is 70.4 cm³/mol. The average molecular weight is 241 g/mol. The van der Waals surface area contributed by atoms with Gasteiger partial charge in [0.2, 0.25) is 0 Å². The van der Waals surface area contributed by atoms with Gasteiger partial charge in [0.25, 0.3) is 0 Å². The topological polar surface area (TPSA) is 12.0 Å². The third kappa shape index (κ3) is 4.54. The molecule has 1 rings (SSSR count). The molecule has 1 atom stereocenters. The molecule has 0 aromatic heterocycles. The zero-order chi connectivity index (χ0) is 12.0. The molecule has 16 heavy (non-hydrogen) atoms. The van der Waals surface area contributed by atoms with Crippen molar-refractivity contribution in [2.75, 3.05) is 18.6 Å². The maximum absolute atomic E-state index is 12.9. The van der Waals surface area contributed by atoms with E-state index in [1.54, 1.807) is 6.07 Å². The highest BCUT2D eigenvalue weighted by atomic mass is 32.2. The molecule has 1 unspecified atom stereocenters. The normalized spacial score (nSPS) is 12.8. The Balaban J connectivity index is 2.37. The fraction of sp³-hybridized carbons (Fsp3) is 0.538. The Labute approximate surface area is 102 Å². The summed E-state index contributed by atoms with van der Waals surface area (Å²) in [4.78, 5) is 0. The first kappa shape index (κ1) is 13.5. The lowest BCUT2D eigenvalue weighted by Gasteiger charge is -2.12. The summed E-state index contributed by atoms with van der Waals surface area (Å²) in [6.45, 7) is 6.02. The lowest BCUT2D eigenvalue weighted by molar-refractivity contribution is 0.557. The van der Waals surface area contributed by atoms with Gasteiger partial charge in [-0.25, -0.2) is 4.39 Å². The second-order valence-electron chi connectivity index (χ2n) is 4.26. The van der Waals surface area contributed by atoms with Gasteiger partial charge in [0.05, 0.1) is 0 Å². The van der Waals surface area contributed by atoms with E-state index in [-0.39, 0.29) is 5.82 Å². The number of halogens is 1. The summed E-state index contributed by atoms with van der Waals surface area (Å²) in [7, 11) is 0. The van der Waals surface area contributed by atoms with E-state index in [4.69, 9.17) is 0 Å². The summed E-state index contributed by atoms with van der Waals surface area (Å²) in [6.07, 6.45) is 2.13. The van der Waals surface area contributed by atoms with Crippen LogP contribution in [0.5, 0.6) is 0 Å². The molecule has 0 aliphatic rings. The summed E-state index contributed by atoms with van der Waals surface area (Å²) in [5.41, 5.74) is 2.20. The Kier molecular flexibility index (Phi) is 5.85. The average Bonchev–Trinajstić information content (AvgIpc) is 2.22. The van der Waals surface area contributed by atoms with Crippen LogP contribution in [0.2, 0.25) is 0 Å². The Morgan fingerprint density at radius 1 is 1.44 bits per heavy atom. The lowest BCUT2D eigenvalue weighted by atomic mass is 10.1. The van der Waals surface area contributed by atoms with E-state index in [9.17, 15) is 4.39 Å². The van der Waals surface area contributed by atoms with Crippen LogP contribution in [0.3, 0.4) is 0 Å². The number of thioether (sulfide) groups is 1.